The molecule has 0 atom stereocenters. The molecular weight excluding hydrogens is 231 g/mol. The summed E-state index contributed by atoms with van der Waals surface area (Å²) in [4.78, 5) is 14.9. The van der Waals surface area contributed by atoms with Crippen LogP contribution < -0.4 is 0 Å². The van der Waals surface area contributed by atoms with Crippen molar-refractivity contribution >= 4 is 6.29 Å². The second-order valence-electron chi connectivity index (χ2n) is 4.54. The van der Waals surface area contributed by atoms with Crippen LogP contribution in [0.2, 0.25) is 0 Å². The number of aldehydes is 1. The quantitative estimate of drug-likeness (QED) is 0.761. The number of aryl methyl sites for hydroxylation is 1. The lowest BCUT2D eigenvalue weighted by molar-refractivity contribution is 0.112. The monoisotopic (exact) mass is 244 g/mol. The highest BCUT2D eigenvalue weighted by atomic mass is 19.1. The van der Waals surface area contributed by atoms with E-state index in [-0.39, 0.29) is 5.82 Å². The molecule has 1 aliphatic rings. The number of rotatable bonds is 2. The van der Waals surface area contributed by atoms with E-state index in [1.807, 2.05) is 0 Å². The number of nitrogens with zero attached hydrogens (tertiary/aromatic N) is 2. The summed E-state index contributed by atoms with van der Waals surface area (Å²) >= 11 is 0. The molecule has 1 heterocycles. The molecule has 0 saturated heterocycles. The second kappa shape index (κ2) is 4.37. The Balaban J connectivity index is 2.09. The molecule has 0 bridgehead atoms. The van der Waals surface area contributed by atoms with Gasteiger partial charge in [0.05, 0.1) is 17.7 Å². The molecule has 0 fully saturated rings. The van der Waals surface area contributed by atoms with E-state index in [2.05, 4.69) is 4.98 Å². The lowest BCUT2D eigenvalue weighted by Crippen LogP contribution is -2.08. The molecule has 1 aromatic carbocycles. The Bertz CT molecular complexity index is 604. The summed E-state index contributed by atoms with van der Waals surface area (Å²) in [6.07, 6.45) is 6.50. The van der Waals surface area contributed by atoms with E-state index in [4.69, 9.17) is 0 Å². The maximum absolute atomic E-state index is 14.0. The van der Waals surface area contributed by atoms with Crippen LogP contribution in [0.3, 0.4) is 0 Å². The number of carbonyl (C=O) groups excluding carboxylic acids is 1. The van der Waals surface area contributed by atoms with Gasteiger partial charge in [-0.25, -0.2) is 9.37 Å². The highest BCUT2D eigenvalue weighted by molar-refractivity contribution is 5.75. The Morgan fingerprint density at radius 1 is 1.28 bits per heavy atom. The molecule has 2 aromatic rings. The molecule has 92 valence electrons. The number of benzene rings is 1. The third-order valence-electron chi connectivity index (χ3n) is 3.40. The Hall–Kier alpha value is -1.97. The molecule has 3 nitrogen and oxygen atoms in total. The van der Waals surface area contributed by atoms with Gasteiger partial charge >= 0.3 is 0 Å². The smallest absolute Gasteiger partial charge is 0.150 e. The predicted octanol–water partition coefficient (Wildman–Crippen LogP) is 2.70. The van der Waals surface area contributed by atoms with Gasteiger partial charge in [0.1, 0.15) is 12.1 Å². The summed E-state index contributed by atoms with van der Waals surface area (Å²) in [5, 5.41) is 0. The maximum Gasteiger partial charge on any atom is 0.150 e. The average Bonchev–Trinajstić information content (AvgIpc) is 2.82. The zero-order valence-corrected chi connectivity index (χ0v) is 9.90. The third-order valence-corrected chi connectivity index (χ3v) is 3.40. The van der Waals surface area contributed by atoms with Crippen molar-refractivity contribution in [2.45, 2.75) is 25.7 Å². The maximum atomic E-state index is 14.0. The minimum absolute atomic E-state index is 0.352. The molecule has 0 amide bonds. The number of hydrogen-bond donors (Lipinski definition) is 0. The zero-order valence-electron chi connectivity index (χ0n) is 9.90. The first kappa shape index (κ1) is 11.1. The summed E-state index contributed by atoms with van der Waals surface area (Å²) in [5.41, 5.74) is 2.99. The number of imidazole rings is 1. The van der Waals surface area contributed by atoms with Crippen LogP contribution in [0.15, 0.2) is 24.5 Å². The van der Waals surface area contributed by atoms with Gasteiger partial charge in [0.25, 0.3) is 0 Å². The van der Waals surface area contributed by atoms with Gasteiger partial charge in [-0.15, -0.1) is 0 Å². The largest absolute Gasteiger partial charge is 0.300 e. The second-order valence-corrected chi connectivity index (χ2v) is 4.54. The van der Waals surface area contributed by atoms with Crippen LogP contribution in [0.1, 0.15) is 34.6 Å². The fourth-order valence-electron chi connectivity index (χ4n) is 2.47. The molecule has 3 rings (SSSR count). The van der Waals surface area contributed by atoms with Gasteiger partial charge in [0.2, 0.25) is 0 Å². The normalized spacial score (nSPS) is 14.3. The van der Waals surface area contributed by atoms with Gasteiger partial charge in [0.15, 0.2) is 0 Å². The highest BCUT2D eigenvalue weighted by Gasteiger charge is 2.17. The predicted molar refractivity (Wildman–Crippen MR) is 65.6 cm³/mol. The summed E-state index contributed by atoms with van der Waals surface area (Å²) in [6, 6.07) is 4.52. The van der Waals surface area contributed by atoms with Crippen LogP contribution in [0.5, 0.6) is 0 Å². The Morgan fingerprint density at radius 3 is 2.89 bits per heavy atom. The number of fused-ring (bicyclic) bond motifs is 1. The topological polar surface area (TPSA) is 34.9 Å². The van der Waals surface area contributed by atoms with Gasteiger partial charge in [-0.2, -0.15) is 0 Å². The lowest BCUT2D eigenvalue weighted by atomic mass is 10.0. The van der Waals surface area contributed by atoms with Crippen molar-refractivity contribution in [1.82, 2.24) is 9.55 Å². The van der Waals surface area contributed by atoms with E-state index in [0.717, 1.165) is 37.1 Å². The number of hydrogen-bond acceptors (Lipinski definition) is 2. The summed E-state index contributed by atoms with van der Waals surface area (Å²) in [7, 11) is 0. The van der Waals surface area contributed by atoms with Crippen LogP contribution in [0, 0.1) is 5.82 Å². The van der Waals surface area contributed by atoms with Gasteiger partial charge in [-0.1, -0.05) is 0 Å². The van der Waals surface area contributed by atoms with Crippen molar-refractivity contribution < 1.29 is 9.18 Å². The van der Waals surface area contributed by atoms with Crippen molar-refractivity contribution in [3.05, 3.63) is 47.3 Å². The van der Waals surface area contributed by atoms with E-state index in [1.165, 1.54) is 6.07 Å². The van der Waals surface area contributed by atoms with Gasteiger partial charge in [-0.05, 0) is 43.9 Å². The molecule has 0 aliphatic heterocycles. The lowest BCUT2D eigenvalue weighted by Gasteiger charge is -2.14. The van der Waals surface area contributed by atoms with Crippen LogP contribution in [0.4, 0.5) is 4.39 Å². The Morgan fingerprint density at radius 2 is 2.11 bits per heavy atom. The summed E-state index contributed by atoms with van der Waals surface area (Å²) in [5.74, 6) is -0.384. The first-order chi connectivity index (χ1) is 8.79. The number of aromatic nitrogens is 2. The van der Waals surface area contributed by atoms with Crippen LogP contribution in [0.25, 0.3) is 5.69 Å². The summed E-state index contributed by atoms with van der Waals surface area (Å²) in [6.45, 7) is 0. The molecule has 4 heteroatoms. The van der Waals surface area contributed by atoms with Crippen molar-refractivity contribution in [1.29, 1.82) is 0 Å². The fraction of sp³-hybridized carbons (Fsp3) is 0.286. The average molecular weight is 244 g/mol. The van der Waals surface area contributed by atoms with Gasteiger partial charge < -0.3 is 4.57 Å². The fourth-order valence-corrected chi connectivity index (χ4v) is 2.47. The van der Waals surface area contributed by atoms with Gasteiger partial charge in [0, 0.05) is 11.3 Å². The summed E-state index contributed by atoms with van der Waals surface area (Å²) < 4.78 is 15.8. The minimum Gasteiger partial charge on any atom is -0.300 e. The van der Waals surface area contributed by atoms with Crippen molar-refractivity contribution in [2.75, 3.05) is 0 Å². The number of carbonyl (C=O) groups is 1. The van der Waals surface area contributed by atoms with Crippen LogP contribution >= 0.6 is 0 Å². The van der Waals surface area contributed by atoms with E-state index in [1.54, 1.807) is 23.0 Å². The molecule has 0 spiro atoms. The van der Waals surface area contributed by atoms with Crippen LogP contribution in [-0.2, 0) is 12.8 Å². The van der Waals surface area contributed by atoms with Gasteiger partial charge in [-0.3, -0.25) is 4.79 Å². The molecule has 1 aromatic heterocycles. The van der Waals surface area contributed by atoms with E-state index in [0.29, 0.717) is 17.5 Å². The first-order valence-electron chi connectivity index (χ1n) is 6.10. The van der Waals surface area contributed by atoms with Crippen LogP contribution in [-0.4, -0.2) is 15.8 Å². The third kappa shape index (κ3) is 1.74. The molecule has 0 N–H and O–H groups in total. The standard InChI is InChI=1S/C14H13FN2O/c15-11-7-10(8-18)5-6-13(11)17-9-16-12-3-1-2-4-14(12)17/h5-9H,1-4H2. The molecule has 18 heavy (non-hydrogen) atoms. The van der Waals surface area contributed by atoms with Crippen molar-refractivity contribution in [3.8, 4) is 5.69 Å². The molecule has 0 radical (unpaired) electrons. The van der Waals surface area contributed by atoms with E-state index < -0.39 is 0 Å². The molecule has 0 saturated carbocycles. The molecule has 0 unspecified atom stereocenters. The Kier molecular flexibility index (Phi) is 2.70. The van der Waals surface area contributed by atoms with E-state index in [9.17, 15) is 9.18 Å². The van der Waals surface area contributed by atoms with Crippen molar-refractivity contribution in [3.63, 3.8) is 0 Å². The molecular formula is C14H13FN2O. The SMILES string of the molecule is O=Cc1ccc(-n2cnc3c2CCCC3)c(F)c1. The van der Waals surface area contributed by atoms with Crippen molar-refractivity contribution in [2.24, 2.45) is 0 Å². The zero-order chi connectivity index (χ0) is 12.5. The Labute approximate surface area is 104 Å². The minimum atomic E-state index is -0.384. The highest BCUT2D eigenvalue weighted by Crippen LogP contribution is 2.24. The first-order valence-corrected chi connectivity index (χ1v) is 6.10. The molecule has 1 aliphatic carbocycles. The number of halogens is 1. The van der Waals surface area contributed by atoms with E-state index >= 15 is 0 Å².